The molecule has 1 rings (SSSR count). The van der Waals surface area contributed by atoms with Gasteiger partial charge in [0.15, 0.2) is 0 Å². The molecule has 7 heteroatoms. The molecule has 0 aliphatic rings. The molecule has 130 valence electrons. The molecule has 0 heterocycles. The summed E-state index contributed by atoms with van der Waals surface area (Å²) in [6, 6.07) is 3.90. The van der Waals surface area contributed by atoms with Gasteiger partial charge in [-0.15, -0.1) is 0 Å². The molecule has 3 N–H and O–H groups in total. The monoisotopic (exact) mass is 342 g/mol. The van der Waals surface area contributed by atoms with E-state index in [1.165, 1.54) is 18.2 Å². The van der Waals surface area contributed by atoms with Gasteiger partial charge in [-0.05, 0) is 37.5 Å². The summed E-state index contributed by atoms with van der Waals surface area (Å²) in [6.07, 6.45) is 1.57. The Bertz CT molecular complexity index is 641. The zero-order chi connectivity index (χ0) is 17.6. The number of sulfonamides is 1. The van der Waals surface area contributed by atoms with Crippen molar-refractivity contribution >= 4 is 21.7 Å². The molecule has 0 aromatic heterocycles. The Balaban J connectivity index is 3.22. The van der Waals surface area contributed by atoms with E-state index in [0.29, 0.717) is 24.6 Å². The number of aromatic carboxylic acids is 1. The fraction of sp³-hybridized carbons (Fsp3) is 0.562. The number of hydrogen-bond acceptors (Lipinski definition) is 4. The summed E-state index contributed by atoms with van der Waals surface area (Å²) in [6.45, 7) is 8.39. The molecule has 0 fully saturated rings. The first-order valence-corrected chi connectivity index (χ1v) is 9.29. The van der Waals surface area contributed by atoms with Crippen molar-refractivity contribution in [2.24, 2.45) is 5.92 Å². The zero-order valence-corrected chi connectivity index (χ0v) is 14.9. The van der Waals surface area contributed by atoms with Gasteiger partial charge in [0, 0.05) is 12.6 Å². The average Bonchev–Trinajstić information content (AvgIpc) is 2.44. The fourth-order valence-corrected chi connectivity index (χ4v) is 3.64. The fourth-order valence-electron chi connectivity index (χ4n) is 2.16. The zero-order valence-electron chi connectivity index (χ0n) is 14.1. The molecule has 1 aromatic carbocycles. The van der Waals surface area contributed by atoms with Gasteiger partial charge in [-0.1, -0.05) is 27.2 Å². The van der Waals surface area contributed by atoms with E-state index in [0.717, 1.165) is 6.42 Å². The van der Waals surface area contributed by atoms with Gasteiger partial charge in [-0.25, -0.2) is 17.9 Å². The largest absolute Gasteiger partial charge is 0.478 e. The second-order valence-electron chi connectivity index (χ2n) is 6.10. The minimum Gasteiger partial charge on any atom is -0.478 e. The van der Waals surface area contributed by atoms with Crippen molar-refractivity contribution in [3.63, 3.8) is 0 Å². The van der Waals surface area contributed by atoms with Crippen LogP contribution in [0, 0.1) is 5.92 Å². The molecular weight excluding hydrogens is 316 g/mol. The highest BCUT2D eigenvalue weighted by Crippen LogP contribution is 2.24. The number of carboxylic acids is 1. The summed E-state index contributed by atoms with van der Waals surface area (Å²) in [7, 11) is -3.79. The van der Waals surface area contributed by atoms with Gasteiger partial charge in [0.1, 0.15) is 4.90 Å². The van der Waals surface area contributed by atoms with Crippen molar-refractivity contribution in [2.75, 3.05) is 11.9 Å². The maximum atomic E-state index is 12.6. The molecule has 0 radical (unpaired) electrons. The summed E-state index contributed by atoms with van der Waals surface area (Å²) >= 11 is 0. The lowest BCUT2D eigenvalue weighted by atomic mass is 10.2. The Morgan fingerprint density at radius 1 is 1.26 bits per heavy atom. The Morgan fingerprint density at radius 2 is 1.91 bits per heavy atom. The number of nitrogens with one attached hydrogen (secondary N) is 2. The van der Waals surface area contributed by atoms with Gasteiger partial charge in [-0.3, -0.25) is 0 Å². The first kappa shape index (κ1) is 19.4. The van der Waals surface area contributed by atoms with E-state index in [1.807, 2.05) is 20.8 Å². The van der Waals surface area contributed by atoms with Crippen LogP contribution >= 0.6 is 0 Å². The van der Waals surface area contributed by atoms with Gasteiger partial charge in [0.05, 0.1) is 11.3 Å². The van der Waals surface area contributed by atoms with E-state index >= 15 is 0 Å². The van der Waals surface area contributed by atoms with Gasteiger partial charge < -0.3 is 10.4 Å². The minimum absolute atomic E-state index is 0.0268. The lowest BCUT2D eigenvalue weighted by Gasteiger charge is -2.18. The topological polar surface area (TPSA) is 95.5 Å². The molecule has 0 aliphatic carbocycles. The molecule has 23 heavy (non-hydrogen) atoms. The number of benzene rings is 1. The molecule has 0 aliphatic heterocycles. The molecule has 0 spiro atoms. The third-order valence-corrected chi connectivity index (χ3v) is 4.93. The van der Waals surface area contributed by atoms with E-state index in [9.17, 15) is 13.2 Å². The van der Waals surface area contributed by atoms with Crippen LogP contribution in [0.3, 0.4) is 0 Å². The second-order valence-corrected chi connectivity index (χ2v) is 7.78. The summed E-state index contributed by atoms with van der Waals surface area (Å²) in [4.78, 5) is 11.1. The third kappa shape index (κ3) is 5.84. The Morgan fingerprint density at radius 3 is 2.43 bits per heavy atom. The van der Waals surface area contributed by atoms with Crippen LogP contribution < -0.4 is 10.0 Å². The molecule has 1 unspecified atom stereocenters. The molecule has 0 amide bonds. The third-order valence-electron chi connectivity index (χ3n) is 3.30. The quantitative estimate of drug-likeness (QED) is 0.641. The number of carboxylic acid groups (broad SMARTS) is 1. The van der Waals surface area contributed by atoms with Crippen molar-refractivity contribution < 1.29 is 18.3 Å². The summed E-state index contributed by atoms with van der Waals surface area (Å²) in [5, 5.41) is 12.2. The molecule has 0 saturated carbocycles. The van der Waals surface area contributed by atoms with Crippen molar-refractivity contribution in [1.82, 2.24) is 4.72 Å². The van der Waals surface area contributed by atoms with Gasteiger partial charge >= 0.3 is 5.97 Å². The first-order chi connectivity index (χ1) is 10.7. The second kappa shape index (κ2) is 8.31. The Hall–Kier alpha value is -1.60. The molecular formula is C16H26N2O4S. The highest BCUT2D eigenvalue weighted by molar-refractivity contribution is 7.89. The SMILES string of the molecule is CCCC(C)NS(=O)(=O)c1cc(C(=O)O)ccc1NCC(C)C. The Labute approximate surface area is 138 Å². The van der Waals surface area contributed by atoms with E-state index in [-0.39, 0.29) is 16.5 Å². The van der Waals surface area contributed by atoms with Crippen molar-refractivity contribution in [2.45, 2.75) is 51.5 Å². The summed E-state index contributed by atoms with van der Waals surface area (Å²) in [5.74, 6) is -0.824. The number of anilines is 1. The molecule has 1 atom stereocenters. The minimum atomic E-state index is -3.79. The van der Waals surface area contributed by atoms with E-state index < -0.39 is 16.0 Å². The molecule has 0 bridgehead atoms. The highest BCUT2D eigenvalue weighted by atomic mass is 32.2. The first-order valence-electron chi connectivity index (χ1n) is 7.81. The van der Waals surface area contributed by atoms with Crippen LogP contribution in [-0.4, -0.2) is 32.1 Å². The number of rotatable bonds is 9. The standard InChI is InChI=1S/C16H26N2O4S/c1-5-6-12(4)18-23(21,22)15-9-13(16(19)20)7-8-14(15)17-10-11(2)3/h7-9,11-12,17-18H,5-6,10H2,1-4H3,(H,19,20). The predicted molar refractivity (Wildman–Crippen MR) is 91.4 cm³/mol. The number of hydrogen-bond donors (Lipinski definition) is 3. The van der Waals surface area contributed by atoms with Crippen LogP contribution in [0.5, 0.6) is 0 Å². The van der Waals surface area contributed by atoms with Crippen molar-refractivity contribution in [3.8, 4) is 0 Å². The molecule has 6 nitrogen and oxygen atoms in total. The highest BCUT2D eigenvalue weighted by Gasteiger charge is 2.22. The van der Waals surface area contributed by atoms with Crippen molar-refractivity contribution in [1.29, 1.82) is 0 Å². The van der Waals surface area contributed by atoms with E-state index in [2.05, 4.69) is 10.0 Å². The molecule has 0 saturated heterocycles. The van der Waals surface area contributed by atoms with Gasteiger partial charge in [0.25, 0.3) is 0 Å². The van der Waals surface area contributed by atoms with Crippen LogP contribution in [0.4, 0.5) is 5.69 Å². The van der Waals surface area contributed by atoms with Crippen LogP contribution in [0.15, 0.2) is 23.1 Å². The maximum absolute atomic E-state index is 12.6. The lowest BCUT2D eigenvalue weighted by molar-refractivity contribution is 0.0696. The lowest BCUT2D eigenvalue weighted by Crippen LogP contribution is -2.33. The van der Waals surface area contributed by atoms with Crippen LogP contribution in [0.1, 0.15) is 50.9 Å². The molecule has 1 aromatic rings. The van der Waals surface area contributed by atoms with Crippen LogP contribution in [-0.2, 0) is 10.0 Å². The normalized spacial score (nSPS) is 13.1. The maximum Gasteiger partial charge on any atom is 0.335 e. The van der Waals surface area contributed by atoms with E-state index in [1.54, 1.807) is 6.92 Å². The predicted octanol–water partition coefficient (Wildman–Crippen LogP) is 2.92. The van der Waals surface area contributed by atoms with Gasteiger partial charge in [-0.2, -0.15) is 0 Å². The van der Waals surface area contributed by atoms with Gasteiger partial charge in [0.2, 0.25) is 10.0 Å². The Kier molecular flexibility index (Phi) is 7.02. The van der Waals surface area contributed by atoms with Crippen LogP contribution in [0.2, 0.25) is 0 Å². The average molecular weight is 342 g/mol. The summed E-state index contributed by atoms with van der Waals surface area (Å²) in [5.41, 5.74) is 0.364. The number of carbonyl (C=O) groups is 1. The smallest absolute Gasteiger partial charge is 0.335 e. The van der Waals surface area contributed by atoms with Crippen molar-refractivity contribution in [3.05, 3.63) is 23.8 Å². The van der Waals surface area contributed by atoms with E-state index in [4.69, 9.17) is 5.11 Å². The summed E-state index contributed by atoms with van der Waals surface area (Å²) < 4.78 is 27.8. The van der Waals surface area contributed by atoms with Crippen LogP contribution in [0.25, 0.3) is 0 Å².